The second-order valence-corrected chi connectivity index (χ2v) is 12.8. The highest BCUT2D eigenvalue weighted by Crippen LogP contribution is 2.59. The van der Waals surface area contributed by atoms with Crippen molar-refractivity contribution in [3.8, 4) is 0 Å². The third-order valence-corrected chi connectivity index (χ3v) is 9.15. The molecule has 194 valence electrons. The summed E-state index contributed by atoms with van der Waals surface area (Å²) in [6.45, 7) is 6.64. The Kier molecular flexibility index (Phi) is 7.08. The van der Waals surface area contributed by atoms with Gasteiger partial charge in [-0.2, -0.15) is 9.78 Å². The summed E-state index contributed by atoms with van der Waals surface area (Å²) in [6.07, 6.45) is 9.12. The van der Waals surface area contributed by atoms with E-state index in [0.717, 1.165) is 38.5 Å². The zero-order valence-corrected chi connectivity index (χ0v) is 22.4. The fraction of sp³-hybridized carbons (Fsp3) is 0.741. The normalized spacial score (nSPS) is 37.3. The van der Waals surface area contributed by atoms with Crippen LogP contribution in [0.1, 0.15) is 85.0 Å². The van der Waals surface area contributed by atoms with E-state index < -0.39 is 17.7 Å². The molecule has 2 bridgehead atoms. The quantitative estimate of drug-likeness (QED) is 0.394. The van der Waals surface area contributed by atoms with E-state index in [9.17, 15) is 4.79 Å². The minimum absolute atomic E-state index is 0.00976. The monoisotopic (exact) mass is 525 g/mol. The van der Waals surface area contributed by atoms with E-state index in [-0.39, 0.29) is 17.4 Å². The average Bonchev–Trinajstić information content (AvgIpc) is 3.33. The third-order valence-electron chi connectivity index (χ3n) is 8.58. The Morgan fingerprint density at radius 2 is 1.74 bits per heavy atom. The summed E-state index contributed by atoms with van der Waals surface area (Å²) in [5.41, 5.74) is 0.410. The van der Waals surface area contributed by atoms with Gasteiger partial charge in [-0.05, 0) is 61.6 Å². The molecule has 6 nitrogen and oxygen atoms in total. The molecule has 3 saturated carbocycles. The van der Waals surface area contributed by atoms with E-state index >= 15 is 0 Å². The van der Waals surface area contributed by atoms with Crippen molar-refractivity contribution in [3.63, 3.8) is 0 Å². The van der Waals surface area contributed by atoms with Crippen LogP contribution in [0.2, 0.25) is 10.0 Å². The van der Waals surface area contributed by atoms with Gasteiger partial charge in [-0.15, -0.1) is 0 Å². The number of carbonyl (C=O) groups excluding carboxylic acids is 1. The molecule has 5 rings (SSSR count). The Labute approximate surface area is 218 Å². The van der Waals surface area contributed by atoms with Crippen molar-refractivity contribution in [3.05, 3.63) is 28.2 Å². The van der Waals surface area contributed by atoms with Gasteiger partial charge in [0.15, 0.2) is 0 Å². The summed E-state index contributed by atoms with van der Waals surface area (Å²) in [6, 6.07) is 4.92. The first-order chi connectivity index (χ1) is 16.6. The van der Waals surface area contributed by atoms with Gasteiger partial charge in [0.25, 0.3) is 0 Å². The van der Waals surface area contributed by atoms with Crippen LogP contribution in [0.3, 0.4) is 0 Å². The van der Waals surface area contributed by atoms with Crippen molar-refractivity contribution in [1.82, 2.24) is 0 Å². The maximum absolute atomic E-state index is 12.8. The summed E-state index contributed by atoms with van der Waals surface area (Å²) in [5.74, 6) is -0.630. The minimum atomic E-state index is -0.908. The van der Waals surface area contributed by atoms with Gasteiger partial charge in [-0.25, -0.2) is 4.79 Å². The summed E-state index contributed by atoms with van der Waals surface area (Å²) in [5, 5.41) is 3.62. The van der Waals surface area contributed by atoms with Gasteiger partial charge in [0, 0.05) is 29.7 Å². The lowest BCUT2D eigenvalue weighted by molar-refractivity contribution is -0.371. The second kappa shape index (κ2) is 9.68. The molecule has 35 heavy (non-hydrogen) atoms. The van der Waals surface area contributed by atoms with E-state index in [1.165, 1.54) is 19.3 Å². The van der Waals surface area contributed by atoms with Crippen LogP contribution in [-0.4, -0.2) is 23.8 Å². The van der Waals surface area contributed by atoms with Crippen LogP contribution < -0.4 is 5.32 Å². The lowest BCUT2D eigenvalue weighted by Gasteiger charge is -2.44. The highest BCUT2D eigenvalue weighted by atomic mass is 35.5. The first kappa shape index (κ1) is 25.6. The van der Waals surface area contributed by atoms with Crippen LogP contribution in [0.4, 0.5) is 10.5 Å². The number of hydrogen-bond donors (Lipinski definition) is 1. The Morgan fingerprint density at radius 1 is 1.03 bits per heavy atom. The van der Waals surface area contributed by atoms with E-state index in [2.05, 4.69) is 26.1 Å². The second-order valence-electron chi connectivity index (χ2n) is 12.0. The van der Waals surface area contributed by atoms with Crippen molar-refractivity contribution in [2.75, 3.05) is 5.32 Å². The van der Waals surface area contributed by atoms with Gasteiger partial charge in [-0.3, -0.25) is 5.32 Å². The molecule has 2 spiro atoms. The van der Waals surface area contributed by atoms with Crippen LogP contribution in [-0.2, 0) is 19.2 Å². The molecular formula is C27H37Cl2NO5. The first-order valence-corrected chi connectivity index (χ1v) is 13.8. The van der Waals surface area contributed by atoms with Gasteiger partial charge in [-0.1, -0.05) is 63.2 Å². The van der Waals surface area contributed by atoms with Crippen molar-refractivity contribution in [2.24, 2.45) is 23.2 Å². The molecular weight excluding hydrogens is 489 g/mol. The van der Waals surface area contributed by atoms with Crippen LogP contribution in [0.15, 0.2) is 18.2 Å². The molecule has 0 radical (unpaired) electrons. The van der Waals surface area contributed by atoms with Gasteiger partial charge in [0.1, 0.15) is 6.10 Å². The number of amides is 1. The number of anilines is 1. The first-order valence-electron chi connectivity index (χ1n) is 13.1. The molecule has 0 aromatic heterocycles. The van der Waals surface area contributed by atoms with Crippen molar-refractivity contribution in [1.29, 1.82) is 0 Å². The number of nitrogens with one attached hydrogen (secondary N) is 1. The molecule has 1 heterocycles. The number of ether oxygens (including phenoxy) is 2. The SMILES string of the molecule is CC(C)(C)[C@H]1C[C@H](OC(=O)Nc2cc(Cl)ccc2Cl)CC2(C1)OOC1(O2)C2CCCCCC1CC2. The smallest absolute Gasteiger partial charge is 0.411 e. The van der Waals surface area contributed by atoms with Crippen molar-refractivity contribution < 1.29 is 24.0 Å². The molecule has 1 aliphatic heterocycles. The molecule has 5 atom stereocenters. The molecule has 1 amide bonds. The molecule has 8 heteroatoms. The minimum Gasteiger partial charge on any atom is -0.446 e. The summed E-state index contributed by atoms with van der Waals surface area (Å²) >= 11 is 12.3. The van der Waals surface area contributed by atoms with E-state index in [1.807, 2.05) is 0 Å². The van der Waals surface area contributed by atoms with Crippen LogP contribution >= 0.6 is 23.2 Å². The van der Waals surface area contributed by atoms with E-state index in [0.29, 0.717) is 34.0 Å². The number of halogens is 2. The Morgan fingerprint density at radius 3 is 2.43 bits per heavy atom. The van der Waals surface area contributed by atoms with Crippen LogP contribution in [0.5, 0.6) is 0 Å². The van der Waals surface area contributed by atoms with Crippen molar-refractivity contribution in [2.45, 2.75) is 103 Å². The predicted molar refractivity (Wildman–Crippen MR) is 135 cm³/mol. The summed E-state index contributed by atoms with van der Waals surface area (Å²) in [4.78, 5) is 25.2. The Hall–Kier alpha value is -1.05. The molecule has 3 unspecified atom stereocenters. The lowest BCUT2D eigenvalue weighted by atomic mass is 9.69. The number of carbonyl (C=O) groups is 1. The molecule has 1 aromatic carbocycles. The van der Waals surface area contributed by atoms with Gasteiger partial charge < -0.3 is 9.47 Å². The Bertz CT molecular complexity index is 936. The molecule has 1 saturated heterocycles. The fourth-order valence-corrected chi connectivity index (χ4v) is 6.97. The largest absolute Gasteiger partial charge is 0.446 e. The number of hydrogen-bond acceptors (Lipinski definition) is 5. The average molecular weight is 527 g/mol. The van der Waals surface area contributed by atoms with Gasteiger partial charge in [0.05, 0.1) is 10.7 Å². The Balaban J connectivity index is 1.34. The molecule has 3 aliphatic carbocycles. The highest BCUT2D eigenvalue weighted by molar-refractivity contribution is 6.35. The summed E-state index contributed by atoms with van der Waals surface area (Å²) < 4.78 is 12.9. The number of rotatable bonds is 2. The molecule has 1 aromatic rings. The fourth-order valence-electron chi connectivity index (χ4n) is 6.63. The standard InChI is InChI=1S/C27H37Cl2NO5/c1-25(2,3)19-13-21(32-24(31)30-23-14-20(28)11-12-22(23)29)16-26(15-19)33-27(35-34-26)17-7-5-4-6-8-18(27)10-9-17/h11-12,14,17-19,21H,4-10,13,15-16H2,1-3H3,(H,30,31)/t17?,18?,19-,21-,26?,27?/m0/s1. The van der Waals surface area contributed by atoms with Gasteiger partial charge in [0.2, 0.25) is 11.6 Å². The van der Waals surface area contributed by atoms with Crippen molar-refractivity contribution >= 4 is 35.0 Å². The van der Waals surface area contributed by atoms with Crippen LogP contribution in [0.25, 0.3) is 0 Å². The third kappa shape index (κ3) is 5.19. The zero-order valence-electron chi connectivity index (χ0n) is 20.9. The molecule has 1 N–H and O–H groups in total. The number of benzene rings is 1. The van der Waals surface area contributed by atoms with E-state index in [1.54, 1.807) is 18.2 Å². The lowest BCUT2D eigenvalue weighted by Crippen LogP contribution is -2.50. The maximum Gasteiger partial charge on any atom is 0.411 e. The highest BCUT2D eigenvalue weighted by Gasteiger charge is 2.65. The van der Waals surface area contributed by atoms with Crippen LogP contribution in [0, 0.1) is 23.2 Å². The summed E-state index contributed by atoms with van der Waals surface area (Å²) in [7, 11) is 0. The zero-order chi connectivity index (χ0) is 24.8. The van der Waals surface area contributed by atoms with E-state index in [4.69, 9.17) is 42.5 Å². The maximum atomic E-state index is 12.8. The predicted octanol–water partition coefficient (Wildman–Crippen LogP) is 8.12. The topological polar surface area (TPSA) is 66.0 Å². The van der Waals surface area contributed by atoms with Gasteiger partial charge >= 0.3 is 6.09 Å². The molecule has 4 fully saturated rings. The molecule has 4 aliphatic rings.